The number of esters is 1. The van der Waals surface area contributed by atoms with Crippen molar-refractivity contribution in [2.45, 2.75) is 18.9 Å². The summed E-state index contributed by atoms with van der Waals surface area (Å²) in [4.78, 5) is 39.6. The number of thiocarbonyl (C=S) groups is 1. The van der Waals surface area contributed by atoms with Crippen LogP contribution in [0.3, 0.4) is 0 Å². The van der Waals surface area contributed by atoms with Gasteiger partial charge in [0.2, 0.25) is 5.91 Å². The van der Waals surface area contributed by atoms with Crippen molar-refractivity contribution < 1.29 is 28.6 Å². The molecule has 1 atom stereocenters. The molecule has 1 aliphatic heterocycles. The molecule has 0 aromatic heterocycles. The van der Waals surface area contributed by atoms with E-state index in [9.17, 15) is 14.4 Å². The molecule has 0 radical (unpaired) electrons. The molecule has 192 valence electrons. The minimum atomic E-state index is -0.893. The molecular formula is C25H28BrN3O6S. The summed E-state index contributed by atoms with van der Waals surface area (Å²) in [6, 6.07) is 13.8. The van der Waals surface area contributed by atoms with Crippen molar-refractivity contribution in [1.29, 1.82) is 0 Å². The minimum absolute atomic E-state index is 0.0414. The second kappa shape index (κ2) is 13.9. The Morgan fingerprint density at radius 1 is 1.17 bits per heavy atom. The maximum atomic E-state index is 13.0. The van der Waals surface area contributed by atoms with E-state index in [-0.39, 0.29) is 36.2 Å². The quantitative estimate of drug-likeness (QED) is 0.252. The lowest BCUT2D eigenvalue weighted by molar-refractivity contribution is -0.147. The predicted octanol–water partition coefficient (Wildman–Crippen LogP) is 2.47. The molecule has 1 unspecified atom stereocenters. The van der Waals surface area contributed by atoms with Crippen molar-refractivity contribution in [3.63, 3.8) is 0 Å². The molecular weight excluding hydrogens is 550 g/mol. The number of nitrogens with one attached hydrogen (secondary N) is 2. The monoisotopic (exact) mass is 577 g/mol. The van der Waals surface area contributed by atoms with Gasteiger partial charge in [-0.2, -0.15) is 0 Å². The van der Waals surface area contributed by atoms with E-state index in [1.165, 1.54) is 4.90 Å². The van der Waals surface area contributed by atoms with Crippen molar-refractivity contribution in [3.05, 3.63) is 64.1 Å². The average Bonchev–Trinajstić information content (AvgIpc) is 2.86. The highest BCUT2D eigenvalue weighted by atomic mass is 79.9. The van der Waals surface area contributed by atoms with Crippen LogP contribution < -0.4 is 15.4 Å². The summed E-state index contributed by atoms with van der Waals surface area (Å²) in [5.41, 5.74) is 1.31. The Morgan fingerprint density at radius 2 is 1.94 bits per heavy atom. The van der Waals surface area contributed by atoms with E-state index in [1.807, 2.05) is 30.3 Å². The fraction of sp³-hybridized carbons (Fsp3) is 0.360. The second-order valence-electron chi connectivity index (χ2n) is 7.90. The van der Waals surface area contributed by atoms with Gasteiger partial charge in [-0.25, -0.2) is 0 Å². The fourth-order valence-electron chi connectivity index (χ4n) is 3.58. The Hall–Kier alpha value is -3.02. The van der Waals surface area contributed by atoms with E-state index in [2.05, 4.69) is 26.6 Å². The van der Waals surface area contributed by atoms with E-state index in [0.29, 0.717) is 36.3 Å². The number of amides is 2. The molecule has 1 fully saturated rings. The molecule has 1 heterocycles. The van der Waals surface area contributed by atoms with Crippen molar-refractivity contribution in [3.8, 4) is 5.75 Å². The Kier molecular flexibility index (Phi) is 10.6. The van der Waals surface area contributed by atoms with E-state index in [0.717, 1.165) is 5.56 Å². The third-order valence-corrected chi connectivity index (χ3v) is 6.23. The minimum Gasteiger partial charge on any atom is -0.490 e. The number of halogens is 1. The molecule has 1 aliphatic rings. The molecule has 1 saturated heterocycles. The molecule has 2 N–H and O–H groups in total. The highest BCUT2D eigenvalue weighted by molar-refractivity contribution is 9.10. The number of hydrogen-bond donors (Lipinski definition) is 2. The number of rotatable bonds is 10. The summed E-state index contributed by atoms with van der Waals surface area (Å²) >= 11 is 8.82. The zero-order valence-electron chi connectivity index (χ0n) is 19.8. The van der Waals surface area contributed by atoms with Crippen LogP contribution >= 0.6 is 28.1 Å². The van der Waals surface area contributed by atoms with Crippen LogP contribution in [0.5, 0.6) is 5.75 Å². The first kappa shape index (κ1) is 27.6. The number of ether oxygens (including phenoxy) is 3. The number of carbonyl (C=O) groups excluding carboxylic acids is 3. The summed E-state index contributed by atoms with van der Waals surface area (Å²) < 4.78 is 16.7. The Labute approximate surface area is 223 Å². The standard InChI is InChI=1S/C25H28BrN3O6S/c1-33-13-14-34-21-8-7-18(26)15-19(21)23(31)28-25(36)29-11-10-27-24(32)20(29)16-22(30)35-12-9-17-5-3-2-4-6-17/h2-8,15,20H,9-14,16H2,1H3,(H,27,32)(H,28,31,36). The van der Waals surface area contributed by atoms with Crippen LogP contribution in [0.1, 0.15) is 22.3 Å². The van der Waals surface area contributed by atoms with Gasteiger partial charge in [0, 0.05) is 31.1 Å². The van der Waals surface area contributed by atoms with Gasteiger partial charge in [-0.05, 0) is 36.0 Å². The van der Waals surface area contributed by atoms with Gasteiger partial charge < -0.3 is 24.4 Å². The van der Waals surface area contributed by atoms with E-state index >= 15 is 0 Å². The first-order valence-corrected chi connectivity index (χ1v) is 12.6. The van der Waals surface area contributed by atoms with Crippen molar-refractivity contribution in [1.82, 2.24) is 15.5 Å². The van der Waals surface area contributed by atoms with Crippen molar-refractivity contribution >= 4 is 51.0 Å². The highest BCUT2D eigenvalue weighted by Gasteiger charge is 2.34. The Bertz CT molecular complexity index is 1080. The number of carbonyl (C=O) groups is 3. The summed E-state index contributed by atoms with van der Waals surface area (Å²) in [6.45, 7) is 1.50. The number of methoxy groups -OCH3 is 1. The molecule has 36 heavy (non-hydrogen) atoms. The third kappa shape index (κ3) is 8.00. The van der Waals surface area contributed by atoms with Crippen LogP contribution in [0.4, 0.5) is 0 Å². The molecule has 3 rings (SSSR count). The molecule has 2 amide bonds. The summed E-state index contributed by atoms with van der Waals surface area (Å²) in [5.74, 6) is -1.01. The molecule has 0 bridgehead atoms. The van der Waals surface area contributed by atoms with Gasteiger partial charge in [0.05, 0.1) is 25.2 Å². The predicted molar refractivity (Wildman–Crippen MR) is 141 cm³/mol. The first-order chi connectivity index (χ1) is 17.4. The van der Waals surface area contributed by atoms with Gasteiger partial charge in [0.1, 0.15) is 18.4 Å². The van der Waals surface area contributed by atoms with Crippen molar-refractivity contribution in [2.75, 3.05) is 40.0 Å². The number of benzene rings is 2. The van der Waals surface area contributed by atoms with E-state index in [4.69, 9.17) is 26.4 Å². The lowest BCUT2D eigenvalue weighted by Gasteiger charge is -2.36. The van der Waals surface area contributed by atoms with Gasteiger partial charge in [-0.3, -0.25) is 19.7 Å². The smallest absolute Gasteiger partial charge is 0.308 e. The zero-order chi connectivity index (χ0) is 25.9. The lowest BCUT2D eigenvalue weighted by Crippen LogP contribution is -2.60. The van der Waals surface area contributed by atoms with Gasteiger partial charge in [0.25, 0.3) is 5.91 Å². The number of nitrogens with zero attached hydrogens (tertiary/aromatic N) is 1. The van der Waals surface area contributed by atoms with Crippen LogP contribution in [0.2, 0.25) is 0 Å². The third-order valence-electron chi connectivity index (χ3n) is 5.40. The van der Waals surface area contributed by atoms with Gasteiger partial charge in [-0.15, -0.1) is 0 Å². The molecule has 2 aromatic carbocycles. The first-order valence-electron chi connectivity index (χ1n) is 11.4. The van der Waals surface area contributed by atoms with Gasteiger partial charge in [-0.1, -0.05) is 46.3 Å². The highest BCUT2D eigenvalue weighted by Crippen LogP contribution is 2.23. The maximum Gasteiger partial charge on any atom is 0.308 e. The van der Waals surface area contributed by atoms with Gasteiger partial charge in [0.15, 0.2) is 5.11 Å². The largest absolute Gasteiger partial charge is 0.490 e. The molecule has 0 saturated carbocycles. The average molecular weight is 578 g/mol. The zero-order valence-corrected chi connectivity index (χ0v) is 22.2. The molecule has 0 aliphatic carbocycles. The van der Waals surface area contributed by atoms with Crippen LogP contribution in [0, 0.1) is 0 Å². The normalized spacial score (nSPS) is 15.1. The Morgan fingerprint density at radius 3 is 2.69 bits per heavy atom. The van der Waals surface area contributed by atoms with Crippen LogP contribution in [0.15, 0.2) is 53.0 Å². The maximum absolute atomic E-state index is 13.0. The fourth-order valence-corrected chi connectivity index (χ4v) is 4.25. The van der Waals surface area contributed by atoms with Crippen LogP contribution in [-0.2, 0) is 25.5 Å². The Balaban J connectivity index is 1.61. The SMILES string of the molecule is COCCOc1ccc(Br)cc1C(=O)NC(=S)N1CCNC(=O)C1CC(=O)OCCc1ccccc1. The summed E-state index contributed by atoms with van der Waals surface area (Å²) in [6.07, 6.45) is 0.377. The van der Waals surface area contributed by atoms with Crippen LogP contribution in [-0.4, -0.2) is 73.9 Å². The molecule has 0 spiro atoms. The molecule has 9 nitrogen and oxygen atoms in total. The van der Waals surface area contributed by atoms with E-state index < -0.39 is 17.9 Å². The van der Waals surface area contributed by atoms with Crippen molar-refractivity contribution in [2.24, 2.45) is 0 Å². The van der Waals surface area contributed by atoms with Crippen LogP contribution in [0.25, 0.3) is 0 Å². The lowest BCUT2D eigenvalue weighted by atomic mass is 10.1. The molecule has 11 heteroatoms. The molecule has 2 aromatic rings. The summed E-state index contributed by atoms with van der Waals surface area (Å²) in [7, 11) is 1.56. The van der Waals surface area contributed by atoms with Gasteiger partial charge >= 0.3 is 5.97 Å². The number of piperazine rings is 1. The number of hydrogen-bond acceptors (Lipinski definition) is 7. The van der Waals surface area contributed by atoms with E-state index in [1.54, 1.807) is 25.3 Å². The summed E-state index contributed by atoms with van der Waals surface area (Å²) in [5, 5.41) is 5.44. The second-order valence-corrected chi connectivity index (χ2v) is 9.20. The topological polar surface area (TPSA) is 106 Å².